The molecule has 30 heavy (non-hydrogen) atoms. The molecule has 3 aromatic rings. The minimum absolute atomic E-state index is 0.382. The van der Waals surface area contributed by atoms with Gasteiger partial charge in [-0.15, -0.1) is 0 Å². The van der Waals surface area contributed by atoms with E-state index in [-0.39, 0.29) is 0 Å². The molecule has 0 bridgehead atoms. The highest BCUT2D eigenvalue weighted by molar-refractivity contribution is 7.90. The second kappa shape index (κ2) is 8.64. The van der Waals surface area contributed by atoms with E-state index in [0.29, 0.717) is 12.1 Å². The summed E-state index contributed by atoms with van der Waals surface area (Å²) >= 11 is 0. The fraction of sp³-hybridized carbons (Fsp3) is 0.182. The third kappa shape index (κ3) is 4.34. The van der Waals surface area contributed by atoms with Crippen LogP contribution in [0.2, 0.25) is 0 Å². The van der Waals surface area contributed by atoms with Crippen molar-refractivity contribution in [2.45, 2.75) is 17.7 Å². The van der Waals surface area contributed by atoms with Crippen LogP contribution < -0.4 is 9.46 Å². The zero-order valence-corrected chi connectivity index (χ0v) is 17.2. The lowest BCUT2D eigenvalue weighted by atomic mass is 9.99. The second-order valence-electron chi connectivity index (χ2n) is 6.92. The van der Waals surface area contributed by atoms with E-state index in [4.69, 9.17) is 4.74 Å². The molecule has 7 nitrogen and oxygen atoms in total. The van der Waals surface area contributed by atoms with E-state index in [0.717, 1.165) is 22.4 Å². The molecule has 2 atom stereocenters. The molecule has 0 saturated heterocycles. The Bertz CT molecular complexity index is 1140. The summed E-state index contributed by atoms with van der Waals surface area (Å²) in [5.74, 6) is 0.781. The molecule has 1 aliphatic rings. The standard InChI is InChI=1S/C22H22N4O3S/c1-29-19-11-7-16(8-12-19)17-9-13-20(14-10-17)30(27,28)25-22(21-15-23-26-24-21)18-5-3-2-4-6-18/h2-13,15,20,22,25H,14H2,1H3,(H,23,24,26). The molecule has 4 rings (SSSR count). The highest BCUT2D eigenvalue weighted by Gasteiger charge is 2.29. The number of H-pyrrole nitrogens is 1. The lowest BCUT2D eigenvalue weighted by Crippen LogP contribution is -2.37. The lowest BCUT2D eigenvalue weighted by Gasteiger charge is -2.22. The average Bonchev–Trinajstić information content (AvgIpc) is 3.33. The third-order valence-corrected chi connectivity index (χ3v) is 6.74. The zero-order chi connectivity index (χ0) is 21.0. The summed E-state index contributed by atoms with van der Waals surface area (Å²) in [7, 11) is -2.03. The second-order valence-corrected chi connectivity index (χ2v) is 8.85. The van der Waals surface area contributed by atoms with Gasteiger partial charge in [0.15, 0.2) is 0 Å². The molecule has 2 unspecified atom stereocenters. The van der Waals surface area contributed by atoms with Crippen LogP contribution in [0.25, 0.3) is 5.57 Å². The van der Waals surface area contributed by atoms with E-state index in [9.17, 15) is 8.42 Å². The van der Waals surface area contributed by atoms with Crippen LogP contribution in [0.5, 0.6) is 5.75 Å². The first-order chi connectivity index (χ1) is 14.6. The predicted octanol–water partition coefficient (Wildman–Crippen LogP) is 3.23. The predicted molar refractivity (Wildman–Crippen MR) is 115 cm³/mol. The normalized spacial score (nSPS) is 17.4. The molecule has 2 N–H and O–H groups in total. The molecule has 8 heteroatoms. The van der Waals surface area contributed by atoms with Crippen LogP contribution in [0, 0.1) is 0 Å². The Morgan fingerprint density at radius 2 is 1.90 bits per heavy atom. The number of nitrogens with one attached hydrogen (secondary N) is 2. The maximum absolute atomic E-state index is 13.1. The number of ether oxygens (including phenoxy) is 1. The Balaban J connectivity index is 1.52. The van der Waals surface area contributed by atoms with Gasteiger partial charge in [0.1, 0.15) is 11.4 Å². The maximum atomic E-state index is 13.1. The number of allylic oxidation sites excluding steroid dienone is 3. The fourth-order valence-corrected chi connectivity index (χ4v) is 4.77. The maximum Gasteiger partial charge on any atom is 0.219 e. The Morgan fingerprint density at radius 1 is 1.13 bits per heavy atom. The first-order valence-electron chi connectivity index (χ1n) is 9.51. The quantitative estimate of drug-likeness (QED) is 0.609. The van der Waals surface area contributed by atoms with E-state index in [1.54, 1.807) is 13.2 Å². The highest BCUT2D eigenvalue weighted by atomic mass is 32.2. The van der Waals surface area contributed by atoms with Gasteiger partial charge in [-0.25, -0.2) is 13.1 Å². The number of nitrogens with zero attached hydrogens (tertiary/aromatic N) is 2. The van der Waals surface area contributed by atoms with E-state index in [1.165, 1.54) is 6.20 Å². The Labute approximate surface area is 175 Å². The molecule has 1 heterocycles. The molecule has 0 aliphatic heterocycles. The van der Waals surface area contributed by atoms with Crippen LogP contribution in [0.15, 0.2) is 79.0 Å². The van der Waals surface area contributed by atoms with Crippen molar-refractivity contribution in [1.29, 1.82) is 0 Å². The van der Waals surface area contributed by atoms with Crippen molar-refractivity contribution in [3.63, 3.8) is 0 Å². The van der Waals surface area contributed by atoms with Crippen LogP contribution >= 0.6 is 0 Å². The van der Waals surface area contributed by atoms with Gasteiger partial charge < -0.3 is 4.74 Å². The van der Waals surface area contributed by atoms with Gasteiger partial charge in [0, 0.05) is 0 Å². The van der Waals surface area contributed by atoms with Gasteiger partial charge >= 0.3 is 0 Å². The van der Waals surface area contributed by atoms with Crippen LogP contribution in [0.3, 0.4) is 0 Å². The van der Waals surface area contributed by atoms with Crippen molar-refractivity contribution < 1.29 is 13.2 Å². The average molecular weight is 423 g/mol. The number of sulfonamides is 1. The van der Waals surface area contributed by atoms with E-state index in [1.807, 2.05) is 66.7 Å². The van der Waals surface area contributed by atoms with Crippen molar-refractivity contribution in [1.82, 2.24) is 20.1 Å². The summed E-state index contributed by atoms with van der Waals surface area (Å²) in [6.45, 7) is 0. The van der Waals surface area contributed by atoms with E-state index < -0.39 is 21.3 Å². The van der Waals surface area contributed by atoms with Gasteiger partial charge in [-0.1, -0.05) is 60.7 Å². The molecule has 1 aromatic heterocycles. The molecule has 2 aromatic carbocycles. The van der Waals surface area contributed by atoms with Gasteiger partial charge in [-0.05, 0) is 35.3 Å². The topological polar surface area (TPSA) is 97.0 Å². The van der Waals surface area contributed by atoms with Crippen LogP contribution in [-0.2, 0) is 10.0 Å². The number of aromatic nitrogens is 3. The van der Waals surface area contributed by atoms with Crippen LogP contribution in [-0.4, -0.2) is 36.2 Å². The molecular weight excluding hydrogens is 400 g/mol. The molecule has 0 saturated carbocycles. The smallest absolute Gasteiger partial charge is 0.219 e. The molecule has 0 fully saturated rings. The summed E-state index contributed by atoms with van der Waals surface area (Å²) in [5, 5.41) is 9.79. The van der Waals surface area contributed by atoms with Crippen molar-refractivity contribution in [3.8, 4) is 5.75 Å². The van der Waals surface area contributed by atoms with E-state index in [2.05, 4.69) is 20.1 Å². The van der Waals surface area contributed by atoms with Gasteiger partial charge in [0.25, 0.3) is 0 Å². The summed E-state index contributed by atoms with van der Waals surface area (Å²) in [5.41, 5.74) is 3.31. The number of benzene rings is 2. The SMILES string of the molecule is COc1ccc(C2=CCC(S(=O)(=O)NC(c3ccccc3)c3cn[nH]n3)C=C2)cc1. The lowest BCUT2D eigenvalue weighted by molar-refractivity contribution is 0.415. The Hall–Kier alpha value is -3.23. The Morgan fingerprint density at radius 3 is 2.50 bits per heavy atom. The summed E-state index contributed by atoms with van der Waals surface area (Å²) in [6, 6.07) is 16.4. The monoisotopic (exact) mass is 422 g/mol. The highest BCUT2D eigenvalue weighted by Crippen LogP contribution is 2.27. The van der Waals surface area contributed by atoms with Gasteiger partial charge in [0.2, 0.25) is 10.0 Å². The molecule has 0 spiro atoms. The molecule has 1 aliphatic carbocycles. The van der Waals surface area contributed by atoms with Gasteiger partial charge in [0.05, 0.1) is 24.6 Å². The minimum Gasteiger partial charge on any atom is -0.497 e. The largest absolute Gasteiger partial charge is 0.497 e. The van der Waals surface area contributed by atoms with Gasteiger partial charge in [-0.3, -0.25) is 0 Å². The van der Waals surface area contributed by atoms with Crippen molar-refractivity contribution in [2.24, 2.45) is 0 Å². The van der Waals surface area contributed by atoms with Crippen molar-refractivity contribution >= 4 is 15.6 Å². The van der Waals surface area contributed by atoms with Crippen LogP contribution in [0.4, 0.5) is 0 Å². The molecular formula is C22H22N4O3S. The summed E-state index contributed by atoms with van der Waals surface area (Å²) in [4.78, 5) is 0. The minimum atomic E-state index is -3.66. The summed E-state index contributed by atoms with van der Waals surface area (Å²) in [6.07, 6.45) is 7.43. The van der Waals surface area contributed by atoms with Crippen LogP contribution in [0.1, 0.15) is 29.3 Å². The fourth-order valence-electron chi connectivity index (χ4n) is 3.37. The summed E-state index contributed by atoms with van der Waals surface area (Å²) < 4.78 is 34.2. The number of rotatable bonds is 7. The first-order valence-corrected chi connectivity index (χ1v) is 11.1. The van der Waals surface area contributed by atoms with E-state index >= 15 is 0 Å². The van der Waals surface area contributed by atoms with Crippen molar-refractivity contribution in [3.05, 3.63) is 95.8 Å². The molecule has 154 valence electrons. The third-order valence-electron chi connectivity index (χ3n) is 5.03. The Kier molecular flexibility index (Phi) is 5.78. The zero-order valence-electron chi connectivity index (χ0n) is 16.4. The number of methoxy groups -OCH3 is 1. The first kappa shape index (κ1) is 20.1. The number of aromatic amines is 1. The molecule has 0 amide bonds. The number of hydrogen-bond donors (Lipinski definition) is 2. The molecule has 0 radical (unpaired) electrons. The van der Waals surface area contributed by atoms with Crippen molar-refractivity contribution in [2.75, 3.05) is 7.11 Å². The number of hydrogen-bond acceptors (Lipinski definition) is 5. The van der Waals surface area contributed by atoms with Gasteiger partial charge in [-0.2, -0.15) is 15.4 Å².